The van der Waals surface area contributed by atoms with Crippen molar-refractivity contribution in [3.63, 3.8) is 0 Å². The quantitative estimate of drug-likeness (QED) is 0.277. The van der Waals surface area contributed by atoms with E-state index in [1.165, 1.54) is 44.2 Å². The first-order valence-electron chi connectivity index (χ1n) is 12.5. The number of hydrogen-bond acceptors (Lipinski definition) is 1. The molecule has 0 aliphatic heterocycles. The highest BCUT2D eigenvalue weighted by Gasteiger charge is 2.46. The average Bonchev–Trinajstić information content (AvgIpc) is 3.25. The monoisotopic (exact) mass is 459 g/mol. The molecule has 6 aromatic carbocycles. The molecular weight excluding hydrogens is 434 g/mol. The first-order valence-corrected chi connectivity index (χ1v) is 12.5. The van der Waals surface area contributed by atoms with Crippen LogP contribution in [0.4, 0.5) is 11.4 Å². The highest BCUT2D eigenvalue weighted by atomic mass is 14.9. The Morgan fingerprint density at radius 2 is 0.972 bits per heavy atom. The van der Waals surface area contributed by atoms with Gasteiger partial charge in [-0.15, -0.1) is 0 Å². The predicted octanol–water partition coefficient (Wildman–Crippen LogP) is 8.95. The van der Waals surface area contributed by atoms with Gasteiger partial charge in [0.15, 0.2) is 0 Å². The van der Waals surface area contributed by atoms with Crippen LogP contribution < -0.4 is 5.32 Å². The van der Waals surface area contributed by atoms with Gasteiger partial charge < -0.3 is 5.32 Å². The van der Waals surface area contributed by atoms with E-state index in [0.29, 0.717) is 0 Å². The zero-order chi connectivity index (χ0) is 24.0. The molecule has 7 rings (SSSR count). The van der Waals surface area contributed by atoms with E-state index in [-0.39, 0.29) is 0 Å². The van der Waals surface area contributed by atoms with Crippen molar-refractivity contribution in [2.45, 2.75) is 5.41 Å². The SMILES string of the molecule is c1ccc(C2(c3ccccc3Nc3ccc4ccccc4c3)c3ccccc3-c3ccccc32)cc1. The Bertz CT molecular complexity index is 1670. The minimum Gasteiger partial charge on any atom is -0.355 e. The summed E-state index contributed by atoms with van der Waals surface area (Å²) in [5.74, 6) is 0. The van der Waals surface area contributed by atoms with E-state index in [0.717, 1.165) is 11.4 Å². The summed E-state index contributed by atoms with van der Waals surface area (Å²) in [5.41, 5.74) is 9.56. The van der Waals surface area contributed by atoms with Crippen LogP contribution in [-0.4, -0.2) is 0 Å². The number of benzene rings is 6. The van der Waals surface area contributed by atoms with E-state index in [4.69, 9.17) is 0 Å². The average molecular weight is 460 g/mol. The van der Waals surface area contributed by atoms with Crippen LogP contribution in [0.25, 0.3) is 21.9 Å². The van der Waals surface area contributed by atoms with Gasteiger partial charge in [-0.1, -0.05) is 127 Å². The minimum absolute atomic E-state index is 0.422. The third-order valence-corrected chi connectivity index (χ3v) is 7.52. The molecule has 0 amide bonds. The molecule has 1 nitrogen and oxygen atoms in total. The maximum Gasteiger partial charge on any atom is 0.0733 e. The van der Waals surface area contributed by atoms with Gasteiger partial charge in [0.2, 0.25) is 0 Å². The summed E-state index contributed by atoms with van der Waals surface area (Å²) in [6.45, 7) is 0. The lowest BCUT2D eigenvalue weighted by molar-refractivity contribution is 0.771. The lowest BCUT2D eigenvalue weighted by Crippen LogP contribution is -2.29. The molecular formula is C35H25N. The van der Waals surface area contributed by atoms with Gasteiger partial charge in [0.05, 0.1) is 5.41 Å². The van der Waals surface area contributed by atoms with Gasteiger partial charge >= 0.3 is 0 Å². The van der Waals surface area contributed by atoms with Crippen LogP contribution in [0.2, 0.25) is 0 Å². The standard InChI is InChI=1S/C35H25N/c1-2-14-27(15-3-1)35(31-18-8-6-16-29(31)30-17-7-9-19-32(30)35)33-20-10-11-21-34(33)36-28-23-22-25-12-4-5-13-26(25)24-28/h1-24,36H. The van der Waals surface area contributed by atoms with Crippen LogP contribution in [0.1, 0.15) is 22.3 Å². The molecule has 0 spiro atoms. The number of hydrogen-bond donors (Lipinski definition) is 1. The Morgan fingerprint density at radius 3 is 1.69 bits per heavy atom. The topological polar surface area (TPSA) is 12.0 Å². The largest absolute Gasteiger partial charge is 0.355 e. The first kappa shape index (κ1) is 20.7. The number of nitrogens with one attached hydrogen (secondary N) is 1. The number of para-hydroxylation sites is 1. The molecule has 1 heteroatoms. The molecule has 1 N–H and O–H groups in total. The maximum absolute atomic E-state index is 3.80. The molecule has 1 aliphatic carbocycles. The first-order chi connectivity index (χ1) is 17.9. The van der Waals surface area contributed by atoms with Gasteiger partial charge in [-0.3, -0.25) is 0 Å². The summed E-state index contributed by atoms with van der Waals surface area (Å²) < 4.78 is 0. The molecule has 0 heterocycles. The molecule has 0 saturated carbocycles. The maximum atomic E-state index is 3.80. The second kappa shape index (κ2) is 8.25. The Kier molecular flexibility index (Phi) is 4.75. The normalized spacial score (nSPS) is 13.2. The van der Waals surface area contributed by atoms with Gasteiger partial charge in [0, 0.05) is 11.4 Å². The smallest absolute Gasteiger partial charge is 0.0733 e. The van der Waals surface area contributed by atoms with E-state index < -0.39 is 5.41 Å². The third kappa shape index (κ3) is 3.03. The van der Waals surface area contributed by atoms with E-state index in [2.05, 4.69) is 151 Å². The van der Waals surface area contributed by atoms with Gasteiger partial charge in [-0.2, -0.15) is 0 Å². The van der Waals surface area contributed by atoms with Crippen molar-refractivity contribution in [2.75, 3.05) is 5.32 Å². The molecule has 36 heavy (non-hydrogen) atoms. The number of fused-ring (bicyclic) bond motifs is 4. The van der Waals surface area contributed by atoms with Crippen molar-refractivity contribution in [2.24, 2.45) is 0 Å². The van der Waals surface area contributed by atoms with Crippen molar-refractivity contribution in [1.29, 1.82) is 0 Å². The molecule has 0 fully saturated rings. The Morgan fingerprint density at radius 1 is 0.417 bits per heavy atom. The summed E-state index contributed by atoms with van der Waals surface area (Å²) in [6, 6.07) is 52.6. The van der Waals surface area contributed by atoms with Gasteiger partial charge in [-0.25, -0.2) is 0 Å². The van der Waals surface area contributed by atoms with Crippen molar-refractivity contribution in [1.82, 2.24) is 0 Å². The molecule has 0 bridgehead atoms. The van der Waals surface area contributed by atoms with Crippen molar-refractivity contribution >= 4 is 22.1 Å². The molecule has 0 aromatic heterocycles. The molecule has 1 aliphatic rings. The van der Waals surface area contributed by atoms with E-state index in [9.17, 15) is 0 Å². The van der Waals surface area contributed by atoms with E-state index >= 15 is 0 Å². The Hall–Kier alpha value is -4.62. The van der Waals surface area contributed by atoms with Gasteiger partial charge in [-0.05, 0) is 62.4 Å². The lowest BCUT2D eigenvalue weighted by atomic mass is 9.67. The van der Waals surface area contributed by atoms with Crippen LogP contribution in [0.3, 0.4) is 0 Å². The highest BCUT2D eigenvalue weighted by molar-refractivity contribution is 5.90. The van der Waals surface area contributed by atoms with Crippen molar-refractivity contribution < 1.29 is 0 Å². The summed E-state index contributed by atoms with van der Waals surface area (Å²) in [6.07, 6.45) is 0. The molecule has 6 aromatic rings. The second-order valence-corrected chi connectivity index (χ2v) is 9.44. The molecule has 0 saturated heterocycles. The lowest BCUT2D eigenvalue weighted by Gasteiger charge is -2.35. The summed E-state index contributed by atoms with van der Waals surface area (Å²) in [4.78, 5) is 0. The van der Waals surface area contributed by atoms with Crippen LogP contribution in [0.5, 0.6) is 0 Å². The molecule has 0 radical (unpaired) electrons. The summed E-state index contributed by atoms with van der Waals surface area (Å²) >= 11 is 0. The molecule has 0 atom stereocenters. The zero-order valence-corrected chi connectivity index (χ0v) is 19.9. The van der Waals surface area contributed by atoms with Crippen molar-refractivity contribution in [3.8, 4) is 11.1 Å². The summed E-state index contributed by atoms with van der Waals surface area (Å²) in [7, 11) is 0. The fraction of sp³-hybridized carbons (Fsp3) is 0.0286. The fourth-order valence-electron chi connectivity index (χ4n) is 6.02. The minimum atomic E-state index is -0.422. The van der Waals surface area contributed by atoms with Gasteiger partial charge in [0.25, 0.3) is 0 Å². The molecule has 170 valence electrons. The fourth-order valence-corrected chi connectivity index (χ4v) is 6.02. The number of rotatable bonds is 4. The van der Waals surface area contributed by atoms with Crippen LogP contribution in [0.15, 0.2) is 146 Å². The van der Waals surface area contributed by atoms with Crippen molar-refractivity contribution in [3.05, 3.63) is 168 Å². The number of anilines is 2. The van der Waals surface area contributed by atoms with Crippen LogP contribution >= 0.6 is 0 Å². The second-order valence-electron chi connectivity index (χ2n) is 9.44. The predicted molar refractivity (Wildman–Crippen MR) is 151 cm³/mol. The molecule has 0 unspecified atom stereocenters. The van der Waals surface area contributed by atoms with E-state index in [1.54, 1.807) is 0 Å². The summed E-state index contributed by atoms with van der Waals surface area (Å²) in [5, 5.41) is 6.27. The highest BCUT2D eigenvalue weighted by Crippen LogP contribution is 2.57. The zero-order valence-electron chi connectivity index (χ0n) is 19.9. The van der Waals surface area contributed by atoms with Crippen LogP contribution in [0, 0.1) is 0 Å². The third-order valence-electron chi connectivity index (χ3n) is 7.52. The van der Waals surface area contributed by atoms with Crippen LogP contribution in [-0.2, 0) is 5.41 Å². The van der Waals surface area contributed by atoms with Gasteiger partial charge in [0.1, 0.15) is 0 Å². The Balaban J connectivity index is 1.50. The Labute approximate surface area is 211 Å². The van der Waals surface area contributed by atoms with E-state index in [1.807, 2.05) is 0 Å².